The summed E-state index contributed by atoms with van der Waals surface area (Å²) in [6, 6.07) is 12.2. The lowest BCUT2D eigenvalue weighted by Gasteiger charge is -2.04. The van der Waals surface area contributed by atoms with Gasteiger partial charge in [-0.15, -0.1) is 11.3 Å². The molecule has 0 spiro atoms. The summed E-state index contributed by atoms with van der Waals surface area (Å²) >= 11 is 5.21. The summed E-state index contributed by atoms with van der Waals surface area (Å²) in [5.74, 6) is 0.892. The maximum atomic E-state index is 5.72. The van der Waals surface area contributed by atoms with Crippen LogP contribution in [0.25, 0.3) is 0 Å². The molecule has 1 heterocycles. The highest BCUT2D eigenvalue weighted by molar-refractivity contribution is 9.10. The Morgan fingerprint density at radius 2 is 2.06 bits per heavy atom. The highest BCUT2D eigenvalue weighted by Crippen LogP contribution is 2.21. The number of halogens is 1. The molecule has 1 N–H and O–H groups in total. The Hall–Kier alpha value is -0.840. The summed E-state index contributed by atoms with van der Waals surface area (Å²) in [5, 5.41) is 3.14. The predicted octanol–water partition coefficient (Wildman–Crippen LogP) is 3.81. The van der Waals surface area contributed by atoms with E-state index in [0.717, 1.165) is 16.8 Å². The Morgan fingerprint density at radius 1 is 1.24 bits per heavy atom. The molecule has 0 saturated carbocycles. The van der Waals surface area contributed by atoms with Crippen LogP contribution in [0.2, 0.25) is 0 Å². The topological polar surface area (TPSA) is 21.3 Å². The Kier molecular flexibility index (Phi) is 4.59. The second kappa shape index (κ2) is 6.19. The van der Waals surface area contributed by atoms with Crippen LogP contribution in [0.5, 0.6) is 5.75 Å². The van der Waals surface area contributed by atoms with Gasteiger partial charge in [-0.05, 0) is 37.4 Å². The van der Waals surface area contributed by atoms with E-state index in [-0.39, 0.29) is 0 Å². The van der Waals surface area contributed by atoms with Crippen molar-refractivity contribution in [2.45, 2.75) is 13.2 Å². The molecule has 0 aliphatic carbocycles. The number of thiophene rings is 1. The molecule has 17 heavy (non-hydrogen) atoms. The molecule has 0 aliphatic rings. The van der Waals surface area contributed by atoms with Gasteiger partial charge in [0.1, 0.15) is 12.4 Å². The van der Waals surface area contributed by atoms with Gasteiger partial charge in [0, 0.05) is 20.8 Å². The average Bonchev–Trinajstić information content (AvgIpc) is 2.75. The first-order valence-corrected chi connectivity index (χ1v) is 6.99. The van der Waals surface area contributed by atoms with Gasteiger partial charge in [-0.1, -0.05) is 22.0 Å². The second-order valence-corrected chi connectivity index (χ2v) is 5.81. The Labute approximate surface area is 114 Å². The van der Waals surface area contributed by atoms with Crippen LogP contribution < -0.4 is 10.1 Å². The largest absolute Gasteiger partial charge is 0.488 e. The zero-order valence-electron chi connectivity index (χ0n) is 9.57. The summed E-state index contributed by atoms with van der Waals surface area (Å²) in [7, 11) is 1.96. The van der Waals surface area contributed by atoms with E-state index >= 15 is 0 Å². The molecule has 0 aliphatic heterocycles. The van der Waals surface area contributed by atoms with Crippen LogP contribution in [0.15, 0.2) is 40.9 Å². The third-order valence-corrected chi connectivity index (χ3v) is 3.80. The van der Waals surface area contributed by atoms with Gasteiger partial charge in [-0.3, -0.25) is 0 Å². The van der Waals surface area contributed by atoms with Crippen molar-refractivity contribution in [1.82, 2.24) is 5.32 Å². The molecular formula is C13H14BrNOS. The zero-order valence-corrected chi connectivity index (χ0v) is 12.0. The van der Waals surface area contributed by atoms with Gasteiger partial charge in [0.05, 0.1) is 0 Å². The number of ether oxygens (including phenoxy) is 1. The number of benzene rings is 1. The van der Waals surface area contributed by atoms with Crippen molar-refractivity contribution in [3.8, 4) is 5.75 Å². The number of rotatable bonds is 5. The first-order valence-electron chi connectivity index (χ1n) is 5.38. The minimum absolute atomic E-state index is 0.630. The van der Waals surface area contributed by atoms with Crippen molar-refractivity contribution >= 4 is 27.3 Å². The van der Waals surface area contributed by atoms with E-state index in [4.69, 9.17) is 4.74 Å². The second-order valence-electron chi connectivity index (χ2n) is 3.64. The van der Waals surface area contributed by atoms with Crippen molar-refractivity contribution in [2.75, 3.05) is 7.05 Å². The third-order valence-electron chi connectivity index (χ3n) is 2.25. The van der Waals surface area contributed by atoms with Crippen molar-refractivity contribution in [3.05, 3.63) is 50.6 Å². The molecule has 0 fully saturated rings. The standard InChI is InChI=1S/C13H14BrNOS/c1-15-8-12-5-6-13(17-12)9-16-11-4-2-3-10(14)7-11/h2-7,15H,8-9H2,1H3. The summed E-state index contributed by atoms with van der Waals surface area (Å²) in [6.07, 6.45) is 0. The lowest BCUT2D eigenvalue weighted by molar-refractivity contribution is 0.309. The van der Waals surface area contributed by atoms with Crippen LogP contribution in [0, 0.1) is 0 Å². The van der Waals surface area contributed by atoms with Crippen molar-refractivity contribution in [1.29, 1.82) is 0 Å². The molecule has 2 aromatic rings. The fraction of sp³-hybridized carbons (Fsp3) is 0.231. The molecule has 0 bridgehead atoms. The average molecular weight is 312 g/mol. The van der Waals surface area contributed by atoms with Crippen molar-refractivity contribution in [3.63, 3.8) is 0 Å². The highest BCUT2D eigenvalue weighted by Gasteiger charge is 2.01. The fourth-order valence-corrected chi connectivity index (χ4v) is 2.80. The smallest absolute Gasteiger partial charge is 0.122 e. The minimum atomic E-state index is 0.630. The van der Waals surface area contributed by atoms with E-state index in [1.54, 1.807) is 11.3 Å². The van der Waals surface area contributed by atoms with Gasteiger partial charge in [-0.2, -0.15) is 0 Å². The van der Waals surface area contributed by atoms with Gasteiger partial charge in [0.25, 0.3) is 0 Å². The predicted molar refractivity (Wildman–Crippen MR) is 75.6 cm³/mol. The molecule has 1 aromatic heterocycles. The van der Waals surface area contributed by atoms with Crippen LogP contribution in [-0.4, -0.2) is 7.05 Å². The number of hydrogen-bond donors (Lipinski definition) is 1. The van der Waals surface area contributed by atoms with Crippen LogP contribution in [0.3, 0.4) is 0 Å². The molecule has 0 radical (unpaired) electrons. The van der Waals surface area contributed by atoms with E-state index in [9.17, 15) is 0 Å². The van der Waals surface area contributed by atoms with Gasteiger partial charge < -0.3 is 10.1 Å². The molecule has 2 rings (SSSR count). The van der Waals surface area contributed by atoms with Gasteiger partial charge in [-0.25, -0.2) is 0 Å². The van der Waals surface area contributed by atoms with Crippen molar-refractivity contribution < 1.29 is 4.74 Å². The molecule has 0 unspecified atom stereocenters. The fourth-order valence-electron chi connectivity index (χ4n) is 1.48. The van der Waals surface area contributed by atoms with E-state index in [1.807, 2.05) is 31.3 Å². The number of hydrogen-bond acceptors (Lipinski definition) is 3. The maximum absolute atomic E-state index is 5.72. The van der Waals surface area contributed by atoms with Crippen LogP contribution >= 0.6 is 27.3 Å². The van der Waals surface area contributed by atoms with E-state index in [0.29, 0.717) is 6.61 Å². The summed E-state index contributed by atoms with van der Waals surface area (Å²) in [6.45, 7) is 1.55. The SMILES string of the molecule is CNCc1ccc(COc2cccc(Br)c2)s1. The maximum Gasteiger partial charge on any atom is 0.122 e. The summed E-state index contributed by atoms with van der Waals surface area (Å²) < 4.78 is 6.76. The van der Waals surface area contributed by atoms with Crippen LogP contribution in [0.1, 0.15) is 9.75 Å². The van der Waals surface area contributed by atoms with Gasteiger partial charge >= 0.3 is 0 Å². The lowest BCUT2D eigenvalue weighted by Crippen LogP contribution is -2.02. The van der Waals surface area contributed by atoms with Crippen LogP contribution in [-0.2, 0) is 13.2 Å². The minimum Gasteiger partial charge on any atom is -0.488 e. The van der Waals surface area contributed by atoms with E-state index in [2.05, 4.69) is 33.4 Å². The van der Waals surface area contributed by atoms with Gasteiger partial charge in [0.15, 0.2) is 0 Å². The third kappa shape index (κ3) is 3.84. The lowest BCUT2D eigenvalue weighted by atomic mass is 10.3. The summed E-state index contributed by atoms with van der Waals surface area (Å²) in [4.78, 5) is 2.58. The van der Waals surface area contributed by atoms with Crippen molar-refractivity contribution in [2.24, 2.45) is 0 Å². The molecular weight excluding hydrogens is 298 g/mol. The first kappa shape index (κ1) is 12.6. The molecule has 2 nitrogen and oxygen atoms in total. The van der Waals surface area contributed by atoms with E-state index in [1.165, 1.54) is 9.75 Å². The molecule has 0 atom stereocenters. The van der Waals surface area contributed by atoms with Gasteiger partial charge in [0.2, 0.25) is 0 Å². The Balaban J connectivity index is 1.93. The monoisotopic (exact) mass is 311 g/mol. The molecule has 0 amide bonds. The number of nitrogens with one attached hydrogen (secondary N) is 1. The zero-order chi connectivity index (χ0) is 12.1. The Morgan fingerprint density at radius 3 is 2.82 bits per heavy atom. The molecule has 0 saturated heterocycles. The van der Waals surface area contributed by atoms with Crippen LogP contribution in [0.4, 0.5) is 0 Å². The summed E-state index contributed by atoms with van der Waals surface area (Å²) in [5.41, 5.74) is 0. The molecule has 4 heteroatoms. The highest BCUT2D eigenvalue weighted by atomic mass is 79.9. The first-order chi connectivity index (χ1) is 8.28. The van der Waals surface area contributed by atoms with E-state index < -0.39 is 0 Å². The Bertz CT molecular complexity index is 484. The molecule has 1 aromatic carbocycles. The molecule has 90 valence electrons. The normalized spacial score (nSPS) is 10.5. The quantitative estimate of drug-likeness (QED) is 0.906.